The minimum absolute atomic E-state index is 1.14. The number of nitrogens with zero attached hydrogens (tertiary/aromatic N) is 2. The molecule has 0 N–H and O–H groups in total. The summed E-state index contributed by atoms with van der Waals surface area (Å²) in [5.74, 6) is 0. The standard InChI is InChI=1S/C66H46N2Si/c1-5-18-47(19-6-1)48-32-38-53(39-33-48)67-63-30-15-13-28-59(63)61-45-51(36-42-65(61)67)52-37-43-66-62(46-52)60-29-14-16-31-64(60)68(66)54-40-34-49(35-41-54)50-20-17-27-58(44-50)69(55-21-7-2-8-22-55,56-23-9-3-10-24-56)57-25-11-4-12-26-57/h1-46H. The summed E-state index contributed by atoms with van der Waals surface area (Å²) in [7, 11) is -2.67. The predicted molar refractivity (Wildman–Crippen MR) is 295 cm³/mol. The average molecular weight is 895 g/mol. The number of para-hydroxylation sites is 2. The van der Waals surface area contributed by atoms with Gasteiger partial charge in [0.05, 0.1) is 22.1 Å². The van der Waals surface area contributed by atoms with Crippen LogP contribution in [0.3, 0.4) is 0 Å². The third-order valence-corrected chi connectivity index (χ3v) is 19.1. The summed E-state index contributed by atoms with van der Waals surface area (Å²) in [6.07, 6.45) is 0. The van der Waals surface area contributed by atoms with Gasteiger partial charge in [0.2, 0.25) is 0 Å². The quantitative estimate of drug-likeness (QED) is 0.101. The monoisotopic (exact) mass is 894 g/mol. The summed E-state index contributed by atoms with van der Waals surface area (Å²) >= 11 is 0. The predicted octanol–water partition coefficient (Wildman–Crippen LogP) is 14.3. The second kappa shape index (κ2) is 16.8. The highest BCUT2D eigenvalue weighted by atomic mass is 28.3. The maximum atomic E-state index is 2.45. The fourth-order valence-electron chi connectivity index (χ4n) is 11.1. The molecule has 69 heavy (non-hydrogen) atoms. The summed E-state index contributed by atoms with van der Waals surface area (Å²) in [6.45, 7) is 0. The van der Waals surface area contributed by atoms with Crippen LogP contribution in [0.4, 0.5) is 0 Å². The van der Waals surface area contributed by atoms with Crippen molar-refractivity contribution in [1.82, 2.24) is 9.13 Å². The Morgan fingerprint density at radius 1 is 0.203 bits per heavy atom. The highest BCUT2D eigenvalue weighted by molar-refractivity contribution is 7.19. The van der Waals surface area contributed by atoms with E-state index in [1.54, 1.807) is 0 Å². The molecule has 2 nitrogen and oxygen atoms in total. The van der Waals surface area contributed by atoms with E-state index in [0.29, 0.717) is 0 Å². The molecule has 0 radical (unpaired) electrons. The minimum Gasteiger partial charge on any atom is -0.309 e. The molecule has 3 heteroatoms. The van der Waals surface area contributed by atoms with Crippen molar-refractivity contribution in [2.75, 3.05) is 0 Å². The average Bonchev–Trinajstić information content (AvgIpc) is 3.95. The summed E-state index contributed by atoms with van der Waals surface area (Å²) in [6, 6.07) is 103. The van der Waals surface area contributed by atoms with Gasteiger partial charge in [0.25, 0.3) is 0 Å². The maximum absolute atomic E-state index is 2.67. The Morgan fingerprint density at radius 3 is 0.986 bits per heavy atom. The van der Waals surface area contributed by atoms with Gasteiger partial charge in [-0.3, -0.25) is 0 Å². The molecule has 11 aromatic carbocycles. The normalized spacial score (nSPS) is 11.8. The molecule has 13 aromatic rings. The smallest absolute Gasteiger partial charge is 0.179 e. The third-order valence-electron chi connectivity index (χ3n) is 14.3. The molecule has 324 valence electrons. The first kappa shape index (κ1) is 40.5. The number of rotatable bonds is 9. The third kappa shape index (κ3) is 6.78. The molecule has 0 saturated carbocycles. The van der Waals surface area contributed by atoms with Crippen molar-refractivity contribution in [2.45, 2.75) is 0 Å². The van der Waals surface area contributed by atoms with Gasteiger partial charge in [-0.15, -0.1) is 0 Å². The van der Waals surface area contributed by atoms with Crippen molar-refractivity contribution in [1.29, 1.82) is 0 Å². The van der Waals surface area contributed by atoms with Crippen LogP contribution in [0.1, 0.15) is 0 Å². The Labute approximate surface area is 403 Å². The van der Waals surface area contributed by atoms with Crippen LogP contribution in [0.15, 0.2) is 279 Å². The van der Waals surface area contributed by atoms with E-state index in [4.69, 9.17) is 0 Å². The molecule has 0 fully saturated rings. The van der Waals surface area contributed by atoms with Gasteiger partial charge in [0.1, 0.15) is 0 Å². The van der Waals surface area contributed by atoms with E-state index in [1.807, 2.05) is 0 Å². The van der Waals surface area contributed by atoms with Gasteiger partial charge in [0.15, 0.2) is 8.07 Å². The van der Waals surface area contributed by atoms with Crippen LogP contribution in [-0.4, -0.2) is 17.2 Å². The second-order valence-electron chi connectivity index (χ2n) is 18.1. The van der Waals surface area contributed by atoms with Crippen LogP contribution in [0, 0.1) is 0 Å². The van der Waals surface area contributed by atoms with Gasteiger partial charge < -0.3 is 9.13 Å². The van der Waals surface area contributed by atoms with Crippen molar-refractivity contribution in [3.63, 3.8) is 0 Å². The molecule has 0 atom stereocenters. The zero-order valence-corrected chi connectivity index (χ0v) is 39.0. The molecular formula is C66H46N2Si. The highest BCUT2D eigenvalue weighted by Crippen LogP contribution is 2.39. The van der Waals surface area contributed by atoms with Gasteiger partial charge in [-0.1, -0.05) is 218 Å². The van der Waals surface area contributed by atoms with E-state index in [-0.39, 0.29) is 0 Å². The number of benzene rings is 11. The lowest BCUT2D eigenvalue weighted by Crippen LogP contribution is -2.74. The number of aromatic nitrogens is 2. The summed E-state index contributed by atoms with van der Waals surface area (Å²) < 4.78 is 4.82. The first-order valence-electron chi connectivity index (χ1n) is 23.8. The Kier molecular flexibility index (Phi) is 9.88. The Hall–Kier alpha value is -8.76. The number of fused-ring (bicyclic) bond motifs is 6. The number of hydrogen-bond donors (Lipinski definition) is 0. The molecule has 0 saturated heterocycles. The lowest BCUT2D eigenvalue weighted by Gasteiger charge is -2.34. The first-order valence-corrected chi connectivity index (χ1v) is 25.8. The fourth-order valence-corrected chi connectivity index (χ4v) is 15.9. The number of hydrogen-bond acceptors (Lipinski definition) is 0. The summed E-state index contributed by atoms with van der Waals surface area (Å²) in [4.78, 5) is 0. The van der Waals surface area contributed by atoms with Gasteiger partial charge in [-0.2, -0.15) is 0 Å². The lowest BCUT2D eigenvalue weighted by molar-refractivity contribution is 1.18. The van der Waals surface area contributed by atoms with E-state index < -0.39 is 8.07 Å². The largest absolute Gasteiger partial charge is 0.309 e. The molecule has 0 aliphatic rings. The van der Waals surface area contributed by atoms with Crippen LogP contribution in [0.5, 0.6) is 0 Å². The van der Waals surface area contributed by atoms with E-state index in [1.165, 1.54) is 97.7 Å². The Bertz CT molecular complexity index is 3870. The molecule has 2 heterocycles. The van der Waals surface area contributed by atoms with Crippen molar-refractivity contribution in [3.05, 3.63) is 279 Å². The summed E-state index contributed by atoms with van der Waals surface area (Å²) in [5.41, 5.74) is 14.3. The van der Waals surface area contributed by atoms with Crippen LogP contribution in [-0.2, 0) is 0 Å². The van der Waals surface area contributed by atoms with Crippen LogP contribution in [0.2, 0.25) is 0 Å². The molecule has 0 spiro atoms. The molecule has 0 aliphatic carbocycles. The van der Waals surface area contributed by atoms with Gasteiger partial charge in [0, 0.05) is 32.9 Å². The van der Waals surface area contributed by atoms with Crippen LogP contribution >= 0.6 is 0 Å². The SMILES string of the molecule is c1ccc(-c2ccc(-n3c4ccccc4c4cc(-c5ccc6c(c5)c5ccccc5n6-c5ccc(-c6cccc([Si](c7ccccc7)(c7ccccc7)c7ccccc7)c6)cc5)ccc43)cc2)cc1. The van der Waals surface area contributed by atoms with Gasteiger partial charge >= 0.3 is 0 Å². The highest BCUT2D eigenvalue weighted by Gasteiger charge is 2.41. The Balaban J connectivity index is 0.876. The topological polar surface area (TPSA) is 9.86 Å². The van der Waals surface area contributed by atoms with E-state index in [2.05, 4.69) is 288 Å². The molecule has 0 unspecified atom stereocenters. The molecular weight excluding hydrogens is 849 g/mol. The first-order chi connectivity index (χ1) is 34.2. The molecule has 0 aliphatic heterocycles. The zero-order chi connectivity index (χ0) is 45.7. The van der Waals surface area contributed by atoms with Crippen LogP contribution in [0.25, 0.3) is 88.4 Å². The molecule has 13 rings (SSSR count). The fraction of sp³-hybridized carbons (Fsp3) is 0. The van der Waals surface area contributed by atoms with E-state index >= 15 is 0 Å². The lowest BCUT2D eigenvalue weighted by atomic mass is 10.0. The van der Waals surface area contributed by atoms with Crippen molar-refractivity contribution >= 4 is 72.4 Å². The minimum atomic E-state index is -2.67. The van der Waals surface area contributed by atoms with E-state index in [9.17, 15) is 0 Å². The van der Waals surface area contributed by atoms with Gasteiger partial charge in [-0.05, 0) is 115 Å². The molecule has 0 bridgehead atoms. The molecule has 0 amide bonds. The van der Waals surface area contributed by atoms with Crippen LogP contribution < -0.4 is 20.7 Å². The van der Waals surface area contributed by atoms with Crippen molar-refractivity contribution < 1.29 is 0 Å². The maximum Gasteiger partial charge on any atom is 0.179 e. The Morgan fingerprint density at radius 2 is 0.522 bits per heavy atom. The second-order valence-corrected chi connectivity index (χ2v) is 21.9. The zero-order valence-electron chi connectivity index (χ0n) is 38.0. The van der Waals surface area contributed by atoms with Gasteiger partial charge in [-0.25, -0.2) is 0 Å². The summed E-state index contributed by atoms with van der Waals surface area (Å²) in [5, 5.41) is 10.5. The van der Waals surface area contributed by atoms with Crippen molar-refractivity contribution in [2.24, 2.45) is 0 Å². The van der Waals surface area contributed by atoms with E-state index in [0.717, 1.165) is 11.4 Å². The van der Waals surface area contributed by atoms with Crippen molar-refractivity contribution in [3.8, 4) is 44.8 Å². The molecule has 2 aromatic heterocycles.